The molecule has 0 aromatic rings. The molecule has 0 aromatic carbocycles. The Morgan fingerprint density at radius 2 is 1.72 bits per heavy atom. The van der Waals surface area contributed by atoms with Crippen molar-refractivity contribution in [2.24, 2.45) is 45.3 Å². The summed E-state index contributed by atoms with van der Waals surface area (Å²) in [5, 5.41) is 32.5. The van der Waals surface area contributed by atoms with Gasteiger partial charge in [0.1, 0.15) is 11.9 Å². The maximum atomic E-state index is 12.9. The molecule has 5 heteroatoms. The molecule has 204 valence electrons. The SMILES string of the molecule is CC(C)(O)[C@@H](O)[C@@]1(C)C[C@@H]([C@@H]2CC[C@]3(C)C4=CC[C@H]5C(C)(C)C(=O)CC[C@]5(C)[C@H]4CC[C@@]23C)[C@H](O)O1. The van der Waals surface area contributed by atoms with Crippen LogP contribution in [0, 0.1) is 45.3 Å². The average Bonchev–Trinajstić information content (AvgIpc) is 3.22. The van der Waals surface area contributed by atoms with E-state index in [1.54, 1.807) is 19.4 Å². The molecule has 4 fully saturated rings. The zero-order chi connectivity index (χ0) is 26.7. The van der Waals surface area contributed by atoms with Crippen LogP contribution in [-0.2, 0) is 9.53 Å². The van der Waals surface area contributed by atoms with Crippen LogP contribution in [0.5, 0.6) is 0 Å². The second kappa shape index (κ2) is 7.90. The van der Waals surface area contributed by atoms with Crippen molar-refractivity contribution < 1.29 is 24.9 Å². The number of carbonyl (C=O) groups excluding carboxylic acids is 1. The van der Waals surface area contributed by atoms with E-state index < -0.39 is 23.6 Å². The van der Waals surface area contributed by atoms with E-state index in [-0.39, 0.29) is 27.6 Å². The van der Waals surface area contributed by atoms with E-state index in [2.05, 4.69) is 40.7 Å². The number of ether oxygens (including phenoxy) is 1. The van der Waals surface area contributed by atoms with Crippen molar-refractivity contribution in [2.45, 2.75) is 130 Å². The zero-order valence-corrected chi connectivity index (χ0v) is 23.9. The molecule has 5 nitrogen and oxygen atoms in total. The Morgan fingerprint density at radius 3 is 2.36 bits per heavy atom. The van der Waals surface area contributed by atoms with Gasteiger partial charge >= 0.3 is 0 Å². The van der Waals surface area contributed by atoms with E-state index in [4.69, 9.17) is 4.74 Å². The summed E-state index contributed by atoms with van der Waals surface area (Å²) in [6, 6.07) is 0. The fourth-order valence-electron chi connectivity index (χ4n) is 10.5. The van der Waals surface area contributed by atoms with Crippen LogP contribution in [0.4, 0.5) is 0 Å². The summed E-state index contributed by atoms with van der Waals surface area (Å²) in [4.78, 5) is 12.9. The number of Topliss-reactive ketones (excluding diaryl/α,β-unsaturated/α-hetero) is 1. The number of rotatable bonds is 3. The minimum Gasteiger partial charge on any atom is -0.388 e. The van der Waals surface area contributed by atoms with Crippen molar-refractivity contribution in [3.8, 4) is 0 Å². The first-order valence-corrected chi connectivity index (χ1v) is 14.4. The van der Waals surface area contributed by atoms with Crippen molar-refractivity contribution in [2.75, 3.05) is 0 Å². The molecule has 36 heavy (non-hydrogen) atoms. The minimum absolute atomic E-state index is 0.0402. The highest BCUT2D eigenvalue weighted by atomic mass is 16.6. The first kappa shape index (κ1) is 26.8. The molecule has 3 saturated carbocycles. The summed E-state index contributed by atoms with van der Waals surface area (Å²) in [7, 11) is 0. The van der Waals surface area contributed by atoms with Gasteiger partial charge in [0.25, 0.3) is 0 Å². The van der Waals surface area contributed by atoms with Gasteiger partial charge in [-0.3, -0.25) is 4.79 Å². The number of hydrogen-bond acceptors (Lipinski definition) is 5. The summed E-state index contributed by atoms with van der Waals surface area (Å²) in [6.45, 7) is 16.8. The van der Waals surface area contributed by atoms with Crippen molar-refractivity contribution in [3.63, 3.8) is 0 Å². The van der Waals surface area contributed by atoms with Gasteiger partial charge in [0.05, 0.1) is 11.2 Å². The number of fused-ring (bicyclic) bond motifs is 5. The van der Waals surface area contributed by atoms with Crippen molar-refractivity contribution in [1.82, 2.24) is 0 Å². The third-order valence-electron chi connectivity index (χ3n) is 12.8. The van der Waals surface area contributed by atoms with Gasteiger partial charge in [0.2, 0.25) is 0 Å². The number of aliphatic hydroxyl groups is 3. The van der Waals surface area contributed by atoms with Crippen LogP contribution in [0.1, 0.15) is 107 Å². The summed E-state index contributed by atoms with van der Waals surface area (Å²) in [5.74, 6) is 1.59. The van der Waals surface area contributed by atoms with E-state index in [0.29, 0.717) is 36.4 Å². The van der Waals surface area contributed by atoms with E-state index in [9.17, 15) is 20.1 Å². The topological polar surface area (TPSA) is 87.0 Å². The Bertz CT molecular complexity index is 963. The molecule has 5 aliphatic rings. The molecular weight excluding hydrogens is 452 g/mol. The van der Waals surface area contributed by atoms with E-state index in [0.717, 1.165) is 38.5 Å². The molecule has 0 spiro atoms. The largest absolute Gasteiger partial charge is 0.388 e. The average molecular weight is 503 g/mol. The Kier molecular flexibility index (Phi) is 5.89. The van der Waals surface area contributed by atoms with Gasteiger partial charge in [-0.05, 0) is 99.7 Å². The number of allylic oxidation sites excluding steroid dienone is 2. The zero-order valence-electron chi connectivity index (χ0n) is 23.9. The van der Waals surface area contributed by atoms with Gasteiger partial charge < -0.3 is 20.1 Å². The lowest BCUT2D eigenvalue weighted by Crippen LogP contribution is -2.57. The molecule has 3 N–H and O–H groups in total. The molecule has 1 saturated heterocycles. The first-order chi connectivity index (χ1) is 16.4. The summed E-state index contributed by atoms with van der Waals surface area (Å²) < 4.78 is 6.05. The molecule has 0 aromatic heterocycles. The molecule has 0 amide bonds. The normalized spacial score (nSPS) is 51.2. The highest BCUT2D eigenvalue weighted by Gasteiger charge is 2.67. The van der Waals surface area contributed by atoms with Gasteiger partial charge in [-0.1, -0.05) is 46.3 Å². The lowest BCUT2D eigenvalue weighted by molar-refractivity contribution is -0.211. The number of hydrogen-bond donors (Lipinski definition) is 3. The second-order valence-corrected chi connectivity index (χ2v) is 15.3. The van der Waals surface area contributed by atoms with Crippen LogP contribution in [-0.4, -0.2) is 44.7 Å². The van der Waals surface area contributed by atoms with Crippen molar-refractivity contribution in [1.29, 1.82) is 0 Å². The van der Waals surface area contributed by atoms with Gasteiger partial charge in [-0.2, -0.15) is 0 Å². The standard InChI is InChI=1S/C31H50O5/c1-26(2)22-10-9-21-20(28(22,5)14-13-23(26)32)12-16-29(6)19(11-15-30(21,29)7)18-17-31(8,36-24(18)33)25(34)27(3,4)35/h9,18-20,22,24-25,33-35H,10-17H2,1-8H3/t18-,19-,20-,22-,24+,25+,28+,29-,30+,31+/m0/s1. The predicted molar refractivity (Wildman–Crippen MR) is 140 cm³/mol. The van der Waals surface area contributed by atoms with Crippen molar-refractivity contribution >= 4 is 5.78 Å². The van der Waals surface area contributed by atoms with Crippen LogP contribution >= 0.6 is 0 Å². The number of aliphatic hydroxyl groups excluding tert-OH is 2. The molecule has 0 unspecified atom stereocenters. The fourth-order valence-corrected chi connectivity index (χ4v) is 10.5. The number of ketones is 1. The third-order valence-corrected chi connectivity index (χ3v) is 12.8. The van der Waals surface area contributed by atoms with E-state index >= 15 is 0 Å². The maximum Gasteiger partial charge on any atom is 0.158 e. The quantitative estimate of drug-likeness (QED) is 0.450. The van der Waals surface area contributed by atoms with Crippen LogP contribution in [0.25, 0.3) is 0 Å². The Labute approximate surface area is 218 Å². The van der Waals surface area contributed by atoms with Crippen LogP contribution in [0.3, 0.4) is 0 Å². The van der Waals surface area contributed by atoms with Crippen LogP contribution in [0.15, 0.2) is 11.6 Å². The van der Waals surface area contributed by atoms with Gasteiger partial charge in [0, 0.05) is 17.8 Å². The summed E-state index contributed by atoms with van der Waals surface area (Å²) in [5.41, 5.74) is -0.646. The Morgan fingerprint density at radius 1 is 1.06 bits per heavy atom. The highest BCUT2D eigenvalue weighted by Crippen LogP contribution is 2.73. The second-order valence-electron chi connectivity index (χ2n) is 15.3. The first-order valence-electron chi connectivity index (χ1n) is 14.4. The molecule has 4 aliphatic carbocycles. The smallest absolute Gasteiger partial charge is 0.158 e. The molecular formula is C31H50O5. The Hall–Kier alpha value is -0.750. The Balaban J connectivity index is 1.46. The molecule has 1 heterocycles. The fraction of sp³-hybridized carbons (Fsp3) is 0.903. The highest BCUT2D eigenvalue weighted by molar-refractivity contribution is 5.85. The minimum atomic E-state index is -1.30. The van der Waals surface area contributed by atoms with Crippen LogP contribution < -0.4 is 0 Å². The summed E-state index contributed by atoms with van der Waals surface area (Å²) in [6.07, 6.45) is 8.16. The van der Waals surface area contributed by atoms with Crippen molar-refractivity contribution in [3.05, 3.63) is 11.6 Å². The molecule has 0 bridgehead atoms. The van der Waals surface area contributed by atoms with E-state index in [1.807, 2.05) is 6.92 Å². The predicted octanol–water partition coefficient (Wildman–Crippen LogP) is 5.41. The number of carbonyl (C=O) groups is 1. The summed E-state index contributed by atoms with van der Waals surface area (Å²) >= 11 is 0. The van der Waals surface area contributed by atoms with Gasteiger partial charge in [-0.15, -0.1) is 0 Å². The molecule has 10 atom stereocenters. The maximum absolute atomic E-state index is 12.9. The molecule has 5 rings (SSSR count). The molecule has 0 radical (unpaired) electrons. The molecule has 1 aliphatic heterocycles. The monoisotopic (exact) mass is 502 g/mol. The van der Waals surface area contributed by atoms with E-state index in [1.165, 1.54) is 0 Å². The lowest BCUT2D eigenvalue weighted by atomic mass is 9.41. The van der Waals surface area contributed by atoms with Gasteiger partial charge in [-0.25, -0.2) is 0 Å². The lowest BCUT2D eigenvalue weighted by Gasteiger charge is -2.63. The van der Waals surface area contributed by atoms with Gasteiger partial charge in [0.15, 0.2) is 6.29 Å². The van der Waals surface area contributed by atoms with Crippen LogP contribution in [0.2, 0.25) is 0 Å². The third kappa shape index (κ3) is 3.37.